The number of hydrogen-bond donors (Lipinski definition) is 1. The Morgan fingerprint density at radius 2 is 1.82 bits per heavy atom. The van der Waals surface area contributed by atoms with Gasteiger partial charge in [-0.05, 0) is 63.4 Å². The van der Waals surface area contributed by atoms with E-state index in [0.717, 1.165) is 26.4 Å². The highest BCUT2D eigenvalue weighted by atomic mass is 79.9. The maximum absolute atomic E-state index is 4.32. The van der Waals surface area contributed by atoms with Crippen molar-refractivity contribution in [3.63, 3.8) is 0 Å². The number of aromatic nitrogens is 2. The normalized spacial score (nSPS) is 10.4. The summed E-state index contributed by atoms with van der Waals surface area (Å²) in [5.74, 6) is 1.50. The molecule has 1 N–H and O–H groups in total. The summed E-state index contributed by atoms with van der Waals surface area (Å²) in [4.78, 5) is 8.49. The zero-order chi connectivity index (χ0) is 12.4. The average molecular weight is 357 g/mol. The fourth-order valence-electron chi connectivity index (χ4n) is 1.45. The summed E-state index contributed by atoms with van der Waals surface area (Å²) in [5, 5.41) is 3.25. The van der Waals surface area contributed by atoms with Gasteiger partial charge < -0.3 is 5.32 Å². The second-order valence-corrected chi connectivity index (χ2v) is 5.40. The topological polar surface area (TPSA) is 37.8 Å². The highest BCUT2D eigenvalue weighted by molar-refractivity contribution is 9.10. The number of nitrogens with one attached hydrogen (secondary N) is 1. The van der Waals surface area contributed by atoms with Crippen LogP contribution in [0, 0.1) is 13.8 Å². The monoisotopic (exact) mass is 355 g/mol. The molecule has 2 rings (SSSR count). The third-order valence-electron chi connectivity index (χ3n) is 2.19. The smallest absolute Gasteiger partial charge is 0.135 e. The minimum atomic E-state index is 0.727. The average Bonchev–Trinajstić information content (AvgIpc) is 2.21. The summed E-state index contributed by atoms with van der Waals surface area (Å²) in [5.41, 5.74) is 2.20. The number of aryl methyl sites for hydroxylation is 2. The quantitative estimate of drug-likeness (QED) is 0.812. The fraction of sp³-hybridized carbons (Fsp3) is 0.167. The van der Waals surface area contributed by atoms with Gasteiger partial charge in [-0.1, -0.05) is 6.07 Å². The molecule has 1 aromatic heterocycles. The maximum atomic E-state index is 4.32. The first-order chi connectivity index (χ1) is 8.04. The van der Waals surface area contributed by atoms with Crippen LogP contribution in [0.2, 0.25) is 0 Å². The fourth-order valence-corrected chi connectivity index (χ4v) is 2.52. The first-order valence-electron chi connectivity index (χ1n) is 5.09. The summed E-state index contributed by atoms with van der Waals surface area (Å²) in [6, 6.07) is 7.98. The predicted molar refractivity (Wildman–Crippen MR) is 76.6 cm³/mol. The molecule has 0 bridgehead atoms. The molecule has 0 unspecified atom stereocenters. The summed E-state index contributed by atoms with van der Waals surface area (Å²) in [7, 11) is 0. The van der Waals surface area contributed by atoms with E-state index in [4.69, 9.17) is 0 Å². The van der Waals surface area contributed by atoms with Crippen molar-refractivity contribution in [1.29, 1.82) is 0 Å². The molecule has 0 atom stereocenters. The number of rotatable bonds is 2. The number of anilines is 2. The van der Waals surface area contributed by atoms with Gasteiger partial charge >= 0.3 is 0 Å². The van der Waals surface area contributed by atoms with Crippen LogP contribution in [0.1, 0.15) is 11.4 Å². The van der Waals surface area contributed by atoms with E-state index in [1.165, 1.54) is 5.56 Å². The molecule has 0 radical (unpaired) electrons. The van der Waals surface area contributed by atoms with E-state index in [2.05, 4.69) is 66.2 Å². The third-order valence-corrected chi connectivity index (χ3v) is 3.26. The van der Waals surface area contributed by atoms with Gasteiger partial charge in [-0.25, -0.2) is 9.97 Å². The summed E-state index contributed by atoms with van der Waals surface area (Å²) in [6.45, 7) is 3.92. The standard InChI is InChI=1S/C12H11Br2N3/c1-7-3-4-10(9(13)5-7)17-12-6-11(14)15-8(2)16-12/h3-6H,1-2H3,(H,15,16,17). The number of benzene rings is 1. The molecule has 0 saturated heterocycles. The van der Waals surface area contributed by atoms with Crippen LogP contribution >= 0.6 is 31.9 Å². The van der Waals surface area contributed by atoms with Crippen molar-refractivity contribution in [2.24, 2.45) is 0 Å². The number of nitrogens with zero attached hydrogens (tertiary/aromatic N) is 2. The van der Waals surface area contributed by atoms with Gasteiger partial charge in [0.2, 0.25) is 0 Å². The Bertz CT molecular complexity index is 535. The molecule has 0 saturated carbocycles. The minimum absolute atomic E-state index is 0.727. The van der Waals surface area contributed by atoms with Crippen molar-refractivity contribution in [2.45, 2.75) is 13.8 Å². The Balaban J connectivity index is 2.31. The largest absolute Gasteiger partial charge is 0.339 e. The maximum Gasteiger partial charge on any atom is 0.135 e. The molecule has 5 heteroatoms. The zero-order valence-electron chi connectivity index (χ0n) is 9.46. The molecule has 2 aromatic rings. The van der Waals surface area contributed by atoms with E-state index in [0.29, 0.717) is 0 Å². The van der Waals surface area contributed by atoms with Crippen molar-refractivity contribution in [3.8, 4) is 0 Å². The molecule has 0 amide bonds. The van der Waals surface area contributed by atoms with E-state index < -0.39 is 0 Å². The van der Waals surface area contributed by atoms with Crippen LogP contribution in [0.15, 0.2) is 33.3 Å². The van der Waals surface area contributed by atoms with Crippen molar-refractivity contribution in [1.82, 2.24) is 9.97 Å². The van der Waals surface area contributed by atoms with Crippen molar-refractivity contribution in [2.75, 3.05) is 5.32 Å². The van der Waals surface area contributed by atoms with Crippen molar-refractivity contribution >= 4 is 43.4 Å². The SMILES string of the molecule is Cc1ccc(Nc2cc(Br)nc(C)n2)c(Br)c1. The van der Waals surface area contributed by atoms with Crippen LogP contribution in [-0.4, -0.2) is 9.97 Å². The lowest BCUT2D eigenvalue weighted by atomic mass is 10.2. The van der Waals surface area contributed by atoms with E-state index in [1.54, 1.807) is 0 Å². The zero-order valence-corrected chi connectivity index (χ0v) is 12.6. The molecule has 0 aliphatic carbocycles. The van der Waals surface area contributed by atoms with Crippen LogP contribution in [0.5, 0.6) is 0 Å². The lowest BCUT2D eigenvalue weighted by Gasteiger charge is -2.09. The number of hydrogen-bond acceptors (Lipinski definition) is 3. The summed E-state index contributed by atoms with van der Waals surface area (Å²) in [6.07, 6.45) is 0. The summed E-state index contributed by atoms with van der Waals surface area (Å²) < 4.78 is 1.79. The molecule has 17 heavy (non-hydrogen) atoms. The van der Waals surface area contributed by atoms with Gasteiger partial charge in [0.05, 0.1) is 5.69 Å². The van der Waals surface area contributed by atoms with Crippen LogP contribution < -0.4 is 5.32 Å². The number of halogens is 2. The highest BCUT2D eigenvalue weighted by Crippen LogP contribution is 2.26. The van der Waals surface area contributed by atoms with E-state index in [-0.39, 0.29) is 0 Å². The highest BCUT2D eigenvalue weighted by Gasteiger charge is 2.03. The molecule has 0 spiro atoms. The van der Waals surface area contributed by atoms with Crippen molar-refractivity contribution < 1.29 is 0 Å². The second kappa shape index (κ2) is 5.14. The first kappa shape index (κ1) is 12.5. The predicted octanol–water partition coefficient (Wildman–Crippen LogP) is 4.36. The van der Waals surface area contributed by atoms with Gasteiger partial charge in [-0.2, -0.15) is 0 Å². The Morgan fingerprint density at radius 1 is 1.06 bits per heavy atom. The van der Waals surface area contributed by atoms with Crippen LogP contribution in [0.3, 0.4) is 0 Å². The van der Waals surface area contributed by atoms with Gasteiger partial charge in [-0.15, -0.1) is 0 Å². The van der Waals surface area contributed by atoms with Gasteiger partial charge in [0.25, 0.3) is 0 Å². The second-order valence-electron chi connectivity index (χ2n) is 3.73. The third kappa shape index (κ3) is 3.26. The molecule has 3 nitrogen and oxygen atoms in total. The van der Waals surface area contributed by atoms with Crippen LogP contribution in [-0.2, 0) is 0 Å². The van der Waals surface area contributed by atoms with Gasteiger partial charge in [0.15, 0.2) is 0 Å². The van der Waals surface area contributed by atoms with E-state index >= 15 is 0 Å². The molecule has 0 fully saturated rings. The van der Waals surface area contributed by atoms with Gasteiger partial charge in [-0.3, -0.25) is 0 Å². The Hall–Kier alpha value is -0.940. The molecule has 0 aliphatic rings. The van der Waals surface area contributed by atoms with Gasteiger partial charge in [0, 0.05) is 10.5 Å². The summed E-state index contributed by atoms with van der Waals surface area (Å²) >= 11 is 6.88. The Kier molecular flexibility index (Phi) is 3.79. The van der Waals surface area contributed by atoms with Crippen LogP contribution in [0.25, 0.3) is 0 Å². The molecule has 1 aromatic carbocycles. The van der Waals surface area contributed by atoms with E-state index in [9.17, 15) is 0 Å². The molecule has 88 valence electrons. The Labute approximate surface area is 117 Å². The molecule has 0 aliphatic heterocycles. The van der Waals surface area contributed by atoms with E-state index in [1.807, 2.05) is 19.1 Å². The van der Waals surface area contributed by atoms with Crippen LogP contribution in [0.4, 0.5) is 11.5 Å². The minimum Gasteiger partial charge on any atom is -0.339 e. The first-order valence-corrected chi connectivity index (χ1v) is 6.67. The molecular weight excluding hydrogens is 346 g/mol. The Morgan fingerprint density at radius 3 is 2.47 bits per heavy atom. The lowest BCUT2D eigenvalue weighted by Crippen LogP contribution is -1.98. The molecule has 1 heterocycles. The van der Waals surface area contributed by atoms with Gasteiger partial charge in [0.1, 0.15) is 16.2 Å². The lowest BCUT2D eigenvalue weighted by molar-refractivity contribution is 1.04. The van der Waals surface area contributed by atoms with Crippen molar-refractivity contribution in [3.05, 3.63) is 44.7 Å². The molecular formula is C12H11Br2N3.